The van der Waals surface area contributed by atoms with Crippen LogP contribution < -0.4 is 5.32 Å². The van der Waals surface area contributed by atoms with Crippen molar-refractivity contribution in [3.63, 3.8) is 0 Å². The molecule has 4 heteroatoms. The second-order valence-electron chi connectivity index (χ2n) is 4.31. The molecular formula is C15H14ClFIN. The molecule has 1 unspecified atom stereocenters. The van der Waals surface area contributed by atoms with Gasteiger partial charge >= 0.3 is 0 Å². The molecule has 0 saturated heterocycles. The molecular weight excluding hydrogens is 376 g/mol. The van der Waals surface area contributed by atoms with Crippen molar-refractivity contribution in [1.29, 1.82) is 0 Å². The van der Waals surface area contributed by atoms with Gasteiger partial charge in [0.25, 0.3) is 0 Å². The Kier molecular flexibility index (Phi) is 5.19. The van der Waals surface area contributed by atoms with Crippen LogP contribution in [0.25, 0.3) is 0 Å². The first kappa shape index (κ1) is 14.8. The second-order valence-corrected chi connectivity index (χ2v) is 5.93. The zero-order chi connectivity index (χ0) is 13.8. The fraction of sp³-hybridized carbons (Fsp3) is 0.200. The number of halogens is 3. The van der Waals surface area contributed by atoms with Crippen LogP contribution in [0.5, 0.6) is 0 Å². The molecule has 0 heterocycles. The lowest BCUT2D eigenvalue weighted by molar-refractivity contribution is 0.584. The largest absolute Gasteiger partial charge is 0.313 e. The number of benzene rings is 2. The van der Waals surface area contributed by atoms with Gasteiger partial charge in [-0.1, -0.05) is 35.9 Å². The van der Waals surface area contributed by atoms with Crippen molar-refractivity contribution in [3.8, 4) is 0 Å². The van der Waals surface area contributed by atoms with Crippen molar-refractivity contribution in [2.45, 2.75) is 12.5 Å². The minimum absolute atomic E-state index is 0.122. The Balaban J connectivity index is 2.24. The van der Waals surface area contributed by atoms with E-state index in [1.54, 1.807) is 6.07 Å². The average molecular weight is 390 g/mol. The highest BCUT2D eigenvalue weighted by atomic mass is 127. The van der Waals surface area contributed by atoms with Crippen molar-refractivity contribution in [1.82, 2.24) is 5.32 Å². The lowest BCUT2D eigenvalue weighted by Crippen LogP contribution is -2.19. The summed E-state index contributed by atoms with van der Waals surface area (Å²) in [6.45, 7) is 0. The monoisotopic (exact) mass is 389 g/mol. The van der Waals surface area contributed by atoms with E-state index in [-0.39, 0.29) is 16.9 Å². The van der Waals surface area contributed by atoms with E-state index in [1.165, 1.54) is 15.2 Å². The van der Waals surface area contributed by atoms with E-state index >= 15 is 0 Å². The molecule has 100 valence electrons. The quantitative estimate of drug-likeness (QED) is 0.754. The van der Waals surface area contributed by atoms with Gasteiger partial charge in [0.1, 0.15) is 5.82 Å². The molecule has 0 bridgehead atoms. The standard InChI is InChI=1S/C15H14ClFIN/c1-19-14(10-5-7-12(18)8-6-10)9-11-3-2-4-13(17)15(11)16/h2-8,14,19H,9H2,1H3. The molecule has 0 fully saturated rings. The van der Waals surface area contributed by atoms with Gasteiger partial charge in [0.15, 0.2) is 0 Å². The minimum atomic E-state index is -0.364. The first-order valence-corrected chi connectivity index (χ1v) is 7.43. The molecule has 0 aliphatic rings. The van der Waals surface area contributed by atoms with E-state index in [0.29, 0.717) is 6.42 Å². The van der Waals surface area contributed by atoms with Crippen molar-refractivity contribution < 1.29 is 4.39 Å². The molecule has 19 heavy (non-hydrogen) atoms. The smallest absolute Gasteiger partial charge is 0.142 e. The first-order valence-electron chi connectivity index (χ1n) is 5.97. The van der Waals surface area contributed by atoms with Crippen LogP contribution in [0.4, 0.5) is 4.39 Å². The molecule has 0 aliphatic heterocycles. The van der Waals surface area contributed by atoms with Crippen LogP contribution in [-0.4, -0.2) is 7.05 Å². The van der Waals surface area contributed by atoms with Gasteiger partial charge < -0.3 is 5.32 Å². The Morgan fingerprint density at radius 2 is 1.89 bits per heavy atom. The molecule has 1 nitrogen and oxygen atoms in total. The summed E-state index contributed by atoms with van der Waals surface area (Å²) >= 11 is 8.28. The SMILES string of the molecule is CNC(Cc1cccc(F)c1Cl)c1ccc(I)cc1. The summed E-state index contributed by atoms with van der Waals surface area (Å²) in [5.74, 6) is -0.364. The highest BCUT2D eigenvalue weighted by Crippen LogP contribution is 2.25. The molecule has 0 saturated carbocycles. The van der Waals surface area contributed by atoms with Gasteiger partial charge in [-0.15, -0.1) is 0 Å². The summed E-state index contributed by atoms with van der Waals surface area (Å²) in [6, 6.07) is 13.3. The fourth-order valence-electron chi connectivity index (χ4n) is 2.01. The fourth-order valence-corrected chi connectivity index (χ4v) is 2.57. The summed E-state index contributed by atoms with van der Waals surface area (Å²) in [5, 5.41) is 3.47. The number of rotatable bonds is 4. The number of hydrogen-bond acceptors (Lipinski definition) is 1. The summed E-state index contributed by atoms with van der Waals surface area (Å²) in [6.07, 6.45) is 0.660. The van der Waals surface area contributed by atoms with Crippen LogP contribution >= 0.6 is 34.2 Å². The molecule has 1 N–H and O–H groups in total. The van der Waals surface area contributed by atoms with E-state index in [0.717, 1.165) is 5.56 Å². The molecule has 2 rings (SSSR count). The minimum Gasteiger partial charge on any atom is -0.313 e. The predicted octanol–water partition coefficient (Wildman–Crippen LogP) is 4.59. The Morgan fingerprint density at radius 3 is 2.53 bits per heavy atom. The maximum atomic E-state index is 13.4. The van der Waals surface area contributed by atoms with Gasteiger partial charge in [0.05, 0.1) is 5.02 Å². The normalized spacial score (nSPS) is 12.4. The Hall–Kier alpha value is -0.650. The van der Waals surface area contributed by atoms with Crippen molar-refractivity contribution in [2.24, 2.45) is 0 Å². The summed E-state index contributed by atoms with van der Waals surface area (Å²) in [5.41, 5.74) is 1.99. The van der Waals surface area contributed by atoms with E-state index in [1.807, 2.05) is 13.1 Å². The van der Waals surface area contributed by atoms with Crippen LogP contribution in [0.2, 0.25) is 5.02 Å². The summed E-state index contributed by atoms with van der Waals surface area (Å²) in [7, 11) is 1.90. The molecule has 2 aromatic rings. The van der Waals surface area contributed by atoms with Crippen LogP contribution in [0.3, 0.4) is 0 Å². The van der Waals surface area contributed by atoms with E-state index in [9.17, 15) is 4.39 Å². The Morgan fingerprint density at radius 1 is 1.21 bits per heavy atom. The number of nitrogens with one attached hydrogen (secondary N) is 1. The summed E-state index contributed by atoms with van der Waals surface area (Å²) in [4.78, 5) is 0. The van der Waals surface area contributed by atoms with Gasteiger partial charge in [0, 0.05) is 9.61 Å². The van der Waals surface area contributed by atoms with Gasteiger partial charge in [-0.3, -0.25) is 0 Å². The van der Waals surface area contributed by atoms with E-state index < -0.39 is 0 Å². The van der Waals surface area contributed by atoms with Crippen LogP contribution in [-0.2, 0) is 6.42 Å². The van der Waals surface area contributed by atoms with Crippen molar-refractivity contribution in [3.05, 3.63) is 68.0 Å². The van der Waals surface area contributed by atoms with Gasteiger partial charge in [0.2, 0.25) is 0 Å². The number of likely N-dealkylation sites (N-methyl/N-ethyl adjacent to an activating group) is 1. The predicted molar refractivity (Wildman–Crippen MR) is 86.1 cm³/mol. The Labute approximate surface area is 131 Å². The molecule has 0 amide bonds. The molecule has 2 aromatic carbocycles. The van der Waals surface area contributed by atoms with Gasteiger partial charge in [-0.25, -0.2) is 4.39 Å². The lowest BCUT2D eigenvalue weighted by atomic mass is 9.99. The lowest BCUT2D eigenvalue weighted by Gasteiger charge is -2.17. The van der Waals surface area contributed by atoms with Crippen molar-refractivity contribution >= 4 is 34.2 Å². The van der Waals surface area contributed by atoms with Crippen molar-refractivity contribution in [2.75, 3.05) is 7.05 Å². The molecule has 0 radical (unpaired) electrons. The van der Waals surface area contributed by atoms with Crippen LogP contribution in [0.1, 0.15) is 17.2 Å². The second kappa shape index (κ2) is 6.68. The third kappa shape index (κ3) is 3.68. The maximum Gasteiger partial charge on any atom is 0.142 e. The zero-order valence-electron chi connectivity index (χ0n) is 10.5. The third-order valence-corrected chi connectivity index (χ3v) is 4.22. The molecule has 0 aromatic heterocycles. The highest BCUT2D eigenvalue weighted by molar-refractivity contribution is 14.1. The third-order valence-electron chi connectivity index (χ3n) is 3.08. The van der Waals surface area contributed by atoms with Gasteiger partial charge in [-0.2, -0.15) is 0 Å². The van der Waals surface area contributed by atoms with Crippen LogP contribution in [0.15, 0.2) is 42.5 Å². The Bertz CT molecular complexity index is 557. The molecule has 0 aliphatic carbocycles. The zero-order valence-corrected chi connectivity index (χ0v) is 13.4. The maximum absolute atomic E-state index is 13.4. The molecule has 0 spiro atoms. The topological polar surface area (TPSA) is 12.0 Å². The van der Waals surface area contributed by atoms with Gasteiger partial charge in [-0.05, 0) is 65.4 Å². The number of hydrogen-bond donors (Lipinski definition) is 1. The highest BCUT2D eigenvalue weighted by Gasteiger charge is 2.13. The van der Waals surface area contributed by atoms with Crippen LogP contribution in [0, 0.1) is 9.39 Å². The average Bonchev–Trinajstić information content (AvgIpc) is 2.42. The summed E-state index contributed by atoms with van der Waals surface area (Å²) < 4.78 is 14.6. The van der Waals surface area contributed by atoms with E-state index in [4.69, 9.17) is 11.6 Å². The van der Waals surface area contributed by atoms with E-state index in [2.05, 4.69) is 52.2 Å². The first-order chi connectivity index (χ1) is 9.11. The molecule has 1 atom stereocenters.